The number of anilines is 4. The van der Waals surface area contributed by atoms with Gasteiger partial charge in [0.05, 0.1) is 22.8 Å². The lowest BCUT2D eigenvalue weighted by atomic mass is 9.92. The highest BCUT2D eigenvalue weighted by atomic mass is 14.8. The zero-order valence-corrected chi connectivity index (χ0v) is 39.1. The third kappa shape index (κ3) is 6.42. The molecule has 5 heterocycles. The van der Waals surface area contributed by atoms with Gasteiger partial charge in [-0.15, -0.1) is 0 Å². The fourth-order valence-corrected chi connectivity index (χ4v) is 9.79. The largest absolute Gasteiger partial charge is 0.398 e. The van der Waals surface area contributed by atoms with Crippen LogP contribution in [0.15, 0.2) is 48.5 Å². The molecule has 0 amide bonds. The fourth-order valence-electron chi connectivity index (χ4n) is 9.79. The van der Waals surface area contributed by atoms with Crippen molar-refractivity contribution < 1.29 is 0 Å². The topological polar surface area (TPSA) is 161 Å². The van der Waals surface area contributed by atoms with Crippen LogP contribution in [-0.2, 0) is 0 Å². The average molecular weight is 843 g/mol. The molecule has 8 bridgehead atoms. The van der Waals surface area contributed by atoms with Crippen LogP contribution in [-0.4, -0.2) is 19.9 Å². The van der Waals surface area contributed by atoms with Crippen LogP contribution in [0, 0.1) is 83.1 Å². The molecule has 3 aromatic heterocycles. The Morgan fingerprint density at radius 2 is 0.516 bits per heavy atom. The summed E-state index contributed by atoms with van der Waals surface area (Å²) < 4.78 is 0. The summed E-state index contributed by atoms with van der Waals surface area (Å²) in [6, 6.07) is 17.5. The number of hydrogen-bond donors (Lipinski definition) is 6. The Hall–Kier alpha value is -7.32. The first-order valence-corrected chi connectivity index (χ1v) is 22.0. The third-order valence-corrected chi connectivity index (χ3v) is 14.5. The summed E-state index contributed by atoms with van der Waals surface area (Å²) in [5.41, 5.74) is 57.9. The van der Waals surface area contributed by atoms with Gasteiger partial charge in [0, 0.05) is 67.1 Å². The molecule has 322 valence electrons. The first-order valence-electron chi connectivity index (χ1n) is 22.0. The van der Waals surface area contributed by atoms with E-state index < -0.39 is 0 Å². The van der Waals surface area contributed by atoms with Crippen molar-refractivity contribution in [1.29, 1.82) is 0 Å². The van der Waals surface area contributed by atoms with Gasteiger partial charge in [0.2, 0.25) is 0 Å². The van der Waals surface area contributed by atoms with E-state index in [9.17, 15) is 0 Å². The van der Waals surface area contributed by atoms with Crippen LogP contribution in [0.25, 0.3) is 90.9 Å². The second-order valence-corrected chi connectivity index (χ2v) is 18.1. The van der Waals surface area contributed by atoms with E-state index in [1.807, 2.05) is 0 Å². The van der Waals surface area contributed by atoms with Crippen molar-refractivity contribution in [2.45, 2.75) is 83.1 Å². The number of rotatable bonds is 4. The quantitative estimate of drug-likeness (QED) is 0.0967. The second kappa shape index (κ2) is 15.2. The SMILES string of the molecule is Cc1cc(-c2c3nc(c(-c4cc(C)c(N)c(C)c4C)c4ccc([nH]4)c(-c4cc(C)c(N)c(C)c4C)c4nc(c(-c5cc(C)c(N)c(C)c5C)c5ccc2[nH]5)C=C4)C=C3)c(C)c(C)c1N. The number of nitrogens with zero attached hydrogens (tertiary/aromatic N) is 2. The summed E-state index contributed by atoms with van der Waals surface area (Å²) in [4.78, 5) is 19.1. The molecule has 0 unspecified atom stereocenters. The normalized spacial score (nSPS) is 12.2. The first kappa shape index (κ1) is 42.0. The maximum absolute atomic E-state index is 6.67. The molecule has 10 N–H and O–H groups in total. The summed E-state index contributed by atoms with van der Waals surface area (Å²) in [6.07, 6.45) is 8.58. The van der Waals surface area contributed by atoms with Crippen molar-refractivity contribution in [1.82, 2.24) is 19.9 Å². The van der Waals surface area contributed by atoms with Gasteiger partial charge in [0.25, 0.3) is 0 Å². The Balaban J connectivity index is 1.55. The van der Waals surface area contributed by atoms with Crippen molar-refractivity contribution >= 4 is 69.1 Å². The van der Waals surface area contributed by atoms with Crippen molar-refractivity contribution in [3.63, 3.8) is 0 Å². The zero-order chi connectivity index (χ0) is 45.8. The molecule has 2 aliphatic rings. The summed E-state index contributed by atoms with van der Waals surface area (Å²) in [7, 11) is 0. The molecule has 0 radical (unpaired) electrons. The number of fused-ring (bicyclic) bond motifs is 8. The highest BCUT2D eigenvalue weighted by molar-refractivity contribution is 6.02. The molecular formula is C56H58N8. The molecule has 8 nitrogen and oxygen atoms in total. The summed E-state index contributed by atoms with van der Waals surface area (Å²) in [5, 5.41) is 0. The van der Waals surface area contributed by atoms with Gasteiger partial charge in [-0.1, -0.05) is 0 Å². The minimum atomic E-state index is 0.801. The van der Waals surface area contributed by atoms with Crippen LogP contribution in [0.3, 0.4) is 0 Å². The predicted molar refractivity (Wildman–Crippen MR) is 275 cm³/mol. The van der Waals surface area contributed by atoms with E-state index in [-0.39, 0.29) is 0 Å². The van der Waals surface area contributed by atoms with Crippen molar-refractivity contribution in [3.8, 4) is 44.5 Å². The minimum absolute atomic E-state index is 0.801. The number of aromatic amines is 2. The number of benzene rings is 4. The molecule has 0 aliphatic carbocycles. The molecule has 7 aromatic rings. The van der Waals surface area contributed by atoms with E-state index in [1.165, 1.54) is 0 Å². The number of nitrogens with two attached hydrogens (primary N) is 4. The lowest BCUT2D eigenvalue weighted by Gasteiger charge is -2.16. The molecule has 2 aliphatic heterocycles. The molecule has 0 spiro atoms. The number of aromatic nitrogens is 4. The van der Waals surface area contributed by atoms with E-state index in [0.29, 0.717) is 0 Å². The van der Waals surface area contributed by atoms with Crippen LogP contribution in [0.2, 0.25) is 0 Å². The Kier molecular flexibility index (Phi) is 9.97. The van der Waals surface area contributed by atoms with Crippen LogP contribution in [0.4, 0.5) is 22.7 Å². The number of nitrogens with one attached hydrogen (secondary N) is 2. The standard InChI is InChI=1S/C56H58N8/c1-25-21-37(29(5)33(9)53(25)57)49-41-13-15-43(61-41)50(38-22-26(2)54(58)34(10)30(38)6)45-17-19-47(63-45)52(40-24-28(4)56(60)36(12)32(40)8)48-20-18-46(64-48)51(44-16-14-42(49)62-44)39-23-27(3)55(59)35(11)31(39)7/h13-24,61,64H,57-60H2,1-12H3. The van der Waals surface area contributed by atoms with Crippen LogP contribution in [0.5, 0.6) is 0 Å². The minimum Gasteiger partial charge on any atom is -0.398 e. The summed E-state index contributed by atoms with van der Waals surface area (Å²) in [6.45, 7) is 25.3. The molecule has 64 heavy (non-hydrogen) atoms. The number of H-pyrrole nitrogens is 2. The van der Waals surface area contributed by atoms with E-state index in [1.54, 1.807) is 0 Å². The van der Waals surface area contributed by atoms with E-state index >= 15 is 0 Å². The molecule has 0 saturated heterocycles. The Bertz CT molecular complexity index is 3000. The van der Waals surface area contributed by atoms with Gasteiger partial charge in [-0.2, -0.15) is 0 Å². The van der Waals surface area contributed by atoms with E-state index in [2.05, 4.69) is 166 Å². The molecule has 0 saturated carbocycles. The lowest BCUT2D eigenvalue weighted by molar-refractivity contribution is 1.27. The number of nitrogen functional groups attached to an aromatic ring is 4. The summed E-state index contributed by atoms with van der Waals surface area (Å²) in [5.74, 6) is 0. The molecule has 0 atom stereocenters. The van der Waals surface area contributed by atoms with Crippen LogP contribution in [0.1, 0.15) is 89.5 Å². The second-order valence-electron chi connectivity index (χ2n) is 18.1. The van der Waals surface area contributed by atoms with Crippen LogP contribution >= 0.6 is 0 Å². The Morgan fingerprint density at radius 1 is 0.312 bits per heavy atom. The average Bonchev–Trinajstić information content (AvgIpc) is 4.13. The third-order valence-electron chi connectivity index (χ3n) is 14.5. The van der Waals surface area contributed by atoms with Crippen molar-refractivity contribution in [2.24, 2.45) is 0 Å². The molecule has 8 heteroatoms. The molecule has 0 fully saturated rings. The van der Waals surface area contributed by atoms with Crippen molar-refractivity contribution in [2.75, 3.05) is 22.9 Å². The number of aryl methyl sites for hydroxylation is 4. The fraction of sp³-hybridized carbons (Fsp3) is 0.214. The smallest absolute Gasteiger partial charge is 0.0737 e. The van der Waals surface area contributed by atoms with Gasteiger partial charge in [-0.05, 0) is 245 Å². The number of hydrogen-bond acceptors (Lipinski definition) is 6. The van der Waals surface area contributed by atoms with E-state index in [0.717, 1.165) is 179 Å². The lowest BCUT2D eigenvalue weighted by Crippen LogP contribution is -2.00. The highest BCUT2D eigenvalue weighted by Gasteiger charge is 2.24. The van der Waals surface area contributed by atoms with Crippen molar-refractivity contribution in [3.05, 3.63) is 138 Å². The van der Waals surface area contributed by atoms with Gasteiger partial charge in [-0.3, -0.25) is 0 Å². The highest BCUT2D eigenvalue weighted by Crippen LogP contribution is 2.44. The van der Waals surface area contributed by atoms with Crippen LogP contribution < -0.4 is 22.9 Å². The van der Waals surface area contributed by atoms with E-state index in [4.69, 9.17) is 32.9 Å². The maximum atomic E-state index is 6.67. The molecule has 9 rings (SSSR count). The van der Waals surface area contributed by atoms with Gasteiger partial charge in [-0.25, -0.2) is 9.97 Å². The zero-order valence-electron chi connectivity index (χ0n) is 39.1. The first-order chi connectivity index (χ1) is 30.4. The monoisotopic (exact) mass is 842 g/mol. The van der Waals surface area contributed by atoms with Gasteiger partial charge in [0.15, 0.2) is 0 Å². The Morgan fingerprint density at radius 3 is 0.719 bits per heavy atom. The Labute approximate surface area is 376 Å². The van der Waals surface area contributed by atoms with Gasteiger partial charge >= 0.3 is 0 Å². The maximum Gasteiger partial charge on any atom is 0.0737 e. The van der Waals surface area contributed by atoms with Gasteiger partial charge < -0.3 is 32.9 Å². The predicted octanol–water partition coefficient (Wildman–Crippen LogP) is 13.4. The molecule has 4 aromatic carbocycles. The summed E-state index contributed by atoms with van der Waals surface area (Å²) >= 11 is 0. The molecular weight excluding hydrogens is 785 g/mol. The van der Waals surface area contributed by atoms with Gasteiger partial charge in [0.1, 0.15) is 0 Å².